The molecule has 0 spiro atoms. The van der Waals surface area contributed by atoms with Crippen LogP contribution in [-0.4, -0.2) is 43.4 Å². The van der Waals surface area contributed by atoms with Crippen LogP contribution >= 0.6 is 11.3 Å². The summed E-state index contributed by atoms with van der Waals surface area (Å²) in [7, 11) is 1.73. The second-order valence-corrected chi connectivity index (χ2v) is 7.38. The van der Waals surface area contributed by atoms with Crippen LogP contribution in [-0.2, 0) is 17.8 Å². The fraction of sp³-hybridized carbons (Fsp3) is 0.400. The average molecular weight is 371 g/mol. The van der Waals surface area contributed by atoms with E-state index in [0.717, 1.165) is 19.5 Å². The summed E-state index contributed by atoms with van der Waals surface area (Å²) in [5, 5.41) is 10.7. The Kier molecular flexibility index (Phi) is 6.28. The number of guanidine groups is 1. The van der Waals surface area contributed by atoms with Crippen molar-refractivity contribution in [3.63, 3.8) is 0 Å². The van der Waals surface area contributed by atoms with Gasteiger partial charge < -0.3 is 15.5 Å². The number of carbonyl (C=O) groups is 1. The first kappa shape index (κ1) is 18.5. The third-order valence-electron chi connectivity index (χ3n) is 4.80. The number of hydrogen-bond acceptors (Lipinski definition) is 3. The quantitative estimate of drug-likeness (QED) is 0.628. The van der Waals surface area contributed by atoms with E-state index in [1.807, 2.05) is 11.0 Å². The predicted molar refractivity (Wildman–Crippen MR) is 108 cm³/mol. The van der Waals surface area contributed by atoms with Crippen molar-refractivity contribution < 1.29 is 4.79 Å². The van der Waals surface area contributed by atoms with Gasteiger partial charge in [-0.15, -0.1) is 0 Å². The SMILES string of the molecule is CN=C(NCC(=O)N1CCc2ccccc2C1)NCC(C)c1ccsc1. The molecule has 1 unspecified atom stereocenters. The van der Waals surface area contributed by atoms with E-state index in [4.69, 9.17) is 0 Å². The summed E-state index contributed by atoms with van der Waals surface area (Å²) in [6, 6.07) is 10.5. The molecule has 1 aromatic heterocycles. The number of hydrogen-bond donors (Lipinski definition) is 2. The lowest BCUT2D eigenvalue weighted by Gasteiger charge is -2.29. The summed E-state index contributed by atoms with van der Waals surface area (Å²) in [6.45, 7) is 4.69. The zero-order valence-electron chi connectivity index (χ0n) is 15.4. The molecule has 2 N–H and O–H groups in total. The number of nitrogens with one attached hydrogen (secondary N) is 2. The van der Waals surface area contributed by atoms with Crippen molar-refractivity contribution in [1.82, 2.24) is 15.5 Å². The van der Waals surface area contributed by atoms with Crippen LogP contribution in [0.4, 0.5) is 0 Å². The standard InChI is InChI=1S/C20H26N4OS/c1-15(18-8-10-26-14-18)11-22-20(21-2)23-12-19(25)24-9-7-16-5-3-4-6-17(16)13-24/h3-6,8,10,14-15H,7,9,11-13H2,1-2H3,(H2,21,22,23). The predicted octanol–water partition coefficient (Wildman–Crippen LogP) is 2.60. The van der Waals surface area contributed by atoms with Crippen LogP contribution in [0, 0.1) is 0 Å². The molecule has 26 heavy (non-hydrogen) atoms. The molecule has 0 fully saturated rings. The van der Waals surface area contributed by atoms with Gasteiger partial charge in [-0.2, -0.15) is 11.3 Å². The summed E-state index contributed by atoms with van der Waals surface area (Å²) in [6.07, 6.45) is 0.924. The molecule has 138 valence electrons. The Labute approximate surface area is 159 Å². The fourth-order valence-corrected chi connectivity index (χ4v) is 3.91. The lowest BCUT2D eigenvalue weighted by Crippen LogP contribution is -2.46. The summed E-state index contributed by atoms with van der Waals surface area (Å²) in [5.41, 5.74) is 3.92. The minimum absolute atomic E-state index is 0.105. The van der Waals surface area contributed by atoms with Gasteiger partial charge in [-0.3, -0.25) is 9.79 Å². The largest absolute Gasteiger partial charge is 0.356 e. The van der Waals surface area contributed by atoms with Gasteiger partial charge in [-0.25, -0.2) is 0 Å². The first-order valence-corrected chi connectivity index (χ1v) is 9.93. The summed E-state index contributed by atoms with van der Waals surface area (Å²) >= 11 is 1.71. The molecular weight excluding hydrogens is 344 g/mol. The van der Waals surface area contributed by atoms with Crippen molar-refractivity contribution >= 4 is 23.2 Å². The normalized spacial score (nSPS) is 15.3. The van der Waals surface area contributed by atoms with E-state index in [1.165, 1.54) is 16.7 Å². The molecule has 1 aromatic carbocycles. The van der Waals surface area contributed by atoms with Crippen molar-refractivity contribution in [3.8, 4) is 0 Å². The smallest absolute Gasteiger partial charge is 0.242 e. The fourth-order valence-electron chi connectivity index (χ4n) is 3.12. The number of thiophene rings is 1. The zero-order chi connectivity index (χ0) is 18.4. The molecule has 1 aliphatic heterocycles. The summed E-state index contributed by atoms with van der Waals surface area (Å²) in [4.78, 5) is 18.7. The monoisotopic (exact) mass is 370 g/mol. The Hall–Kier alpha value is -2.34. The minimum atomic E-state index is 0.105. The van der Waals surface area contributed by atoms with Gasteiger partial charge in [-0.1, -0.05) is 31.2 Å². The second kappa shape index (κ2) is 8.85. The van der Waals surface area contributed by atoms with Crippen molar-refractivity contribution in [1.29, 1.82) is 0 Å². The topological polar surface area (TPSA) is 56.7 Å². The lowest BCUT2D eigenvalue weighted by molar-refractivity contribution is -0.130. The van der Waals surface area contributed by atoms with Crippen LogP contribution in [0.15, 0.2) is 46.1 Å². The Bertz CT molecular complexity index is 757. The van der Waals surface area contributed by atoms with Crippen molar-refractivity contribution in [2.75, 3.05) is 26.7 Å². The molecule has 1 amide bonds. The maximum atomic E-state index is 12.5. The maximum Gasteiger partial charge on any atom is 0.242 e. The van der Waals surface area contributed by atoms with E-state index in [2.05, 4.69) is 57.6 Å². The first-order chi connectivity index (χ1) is 12.7. The van der Waals surface area contributed by atoms with E-state index in [1.54, 1.807) is 18.4 Å². The third kappa shape index (κ3) is 4.64. The van der Waals surface area contributed by atoms with Gasteiger partial charge in [0.2, 0.25) is 5.91 Å². The highest BCUT2D eigenvalue weighted by Crippen LogP contribution is 2.18. The van der Waals surface area contributed by atoms with Crippen LogP contribution in [0.25, 0.3) is 0 Å². The molecule has 0 bridgehead atoms. The molecule has 2 aromatic rings. The second-order valence-electron chi connectivity index (χ2n) is 6.60. The Morgan fingerprint density at radius 2 is 2.08 bits per heavy atom. The first-order valence-electron chi connectivity index (χ1n) is 8.98. The number of fused-ring (bicyclic) bond motifs is 1. The Morgan fingerprint density at radius 3 is 2.81 bits per heavy atom. The average Bonchev–Trinajstić information content (AvgIpc) is 3.22. The van der Waals surface area contributed by atoms with E-state index >= 15 is 0 Å². The highest BCUT2D eigenvalue weighted by Gasteiger charge is 2.20. The zero-order valence-corrected chi connectivity index (χ0v) is 16.2. The van der Waals surface area contributed by atoms with Gasteiger partial charge in [0.15, 0.2) is 5.96 Å². The molecule has 2 heterocycles. The molecular formula is C20H26N4OS. The molecule has 0 saturated heterocycles. The molecule has 0 saturated carbocycles. The van der Waals surface area contributed by atoms with E-state index < -0.39 is 0 Å². The highest BCUT2D eigenvalue weighted by atomic mass is 32.1. The van der Waals surface area contributed by atoms with Crippen molar-refractivity contribution in [3.05, 3.63) is 57.8 Å². The van der Waals surface area contributed by atoms with Crippen molar-refractivity contribution in [2.45, 2.75) is 25.8 Å². The summed E-state index contributed by atoms with van der Waals surface area (Å²) < 4.78 is 0. The number of carbonyl (C=O) groups excluding carboxylic acids is 1. The molecule has 6 heteroatoms. The number of benzene rings is 1. The third-order valence-corrected chi connectivity index (χ3v) is 5.50. The highest BCUT2D eigenvalue weighted by molar-refractivity contribution is 7.07. The van der Waals surface area contributed by atoms with Gasteiger partial charge >= 0.3 is 0 Å². The Morgan fingerprint density at radius 1 is 1.27 bits per heavy atom. The number of amides is 1. The van der Waals surface area contributed by atoms with E-state index in [0.29, 0.717) is 18.4 Å². The molecule has 0 radical (unpaired) electrons. The van der Waals surface area contributed by atoms with E-state index in [9.17, 15) is 4.79 Å². The van der Waals surface area contributed by atoms with Gasteiger partial charge in [0.05, 0.1) is 6.54 Å². The van der Waals surface area contributed by atoms with Gasteiger partial charge in [0.1, 0.15) is 0 Å². The van der Waals surface area contributed by atoms with Gasteiger partial charge in [0, 0.05) is 26.7 Å². The molecule has 0 aliphatic carbocycles. The molecule has 1 atom stereocenters. The lowest BCUT2D eigenvalue weighted by atomic mass is 10.00. The number of aliphatic imine (C=N–C) groups is 1. The van der Waals surface area contributed by atoms with Crippen LogP contribution in [0.2, 0.25) is 0 Å². The maximum absolute atomic E-state index is 12.5. The Balaban J connectivity index is 1.46. The van der Waals surface area contributed by atoms with Crippen LogP contribution in [0.1, 0.15) is 29.5 Å². The molecule has 3 rings (SSSR count). The minimum Gasteiger partial charge on any atom is -0.356 e. The van der Waals surface area contributed by atoms with Crippen molar-refractivity contribution in [2.24, 2.45) is 4.99 Å². The van der Waals surface area contributed by atoms with E-state index in [-0.39, 0.29) is 12.5 Å². The van der Waals surface area contributed by atoms with Gasteiger partial charge in [0.25, 0.3) is 0 Å². The van der Waals surface area contributed by atoms with Crippen LogP contribution in [0.5, 0.6) is 0 Å². The summed E-state index contributed by atoms with van der Waals surface area (Å²) in [5.74, 6) is 1.17. The van der Waals surface area contributed by atoms with Gasteiger partial charge in [-0.05, 0) is 45.9 Å². The molecule has 5 nitrogen and oxygen atoms in total. The molecule has 1 aliphatic rings. The van der Waals surface area contributed by atoms with Crippen LogP contribution in [0.3, 0.4) is 0 Å². The van der Waals surface area contributed by atoms with Crippen LogP contribution < -0.4 is 10.6 Å². The number of rotatable bonds is 5. The number of nitrogens with zero attached hydrogens (tertiary/aromatic N) is 2.